The van der Waals surface area contributed by atoms with Crippen molar-refractivity contribution in [2.24, 2.45) is 0 Å². The summed E-state index contributed by atoms with van der Waals surface area (Å²) in [5.74, 6) is -0.391. The van der Waals surface area contributed by atoms with E-state index in [0.29, 0.717) is 5.57 Å². The Morgan fingerprint density at radius 1 is 1.43 bits per heavy atom. The highest BCUT2D eigenvalue weighted by molar-refractivity contribution is 6.10. The van der Waals surface area contributed by atoms with E-state index in [4.69, 9.17) is 0 Å². The summed E-state index contributed by atoms with van der Waals surface area (Å²) in [5, 5.41) is 10.6. The Balaban J connectivity index is 3.27. The van der Waals surface area contributed by atoms with Crippen molar-refractivity contribution < 1.29 is 9.72 Å². The van der Waals surface area contributed by atoms with Crippen molar-refractivity contribution in [3.05, 3.63) is 52.1 Å². The zero-order valence-electron chi connectivity index (χ0n) is 7.69. The molecule has 4 heteroatoms. The van der Waals surface area contributed by atoms with E-state index in [9.17, 15) is 14.9 Å². The summed E-state index contributed by atoms with van der Waals surface area (Å²) < 4.78 is 0. The van der Waals surface area contributed by atoms with Crippen LogP contribution in [0.1, 0.15) is 17.3 Å². The Morgan fingerprint density at radius 2 is 2.00 bits per heavy atom. The second-order valence-electron chi connectivity index (χ2n) is 2.88. The van der Waals surface area contributed by atoms with Gasteiger partial charge < -0.3 is 0 Å². The summed E-state index contributed by atoms with van der Waals surface area (Å²) in [6.45, 7) is 4.99. The first-order valence-corrected chi connectivity index (χ1v) is 3.97. The van der Waals surface area contributed by atoms with Gasteiger partial charge in [0.1, 0.15) is 0 Å². The third-order valence-corrected chi connectivity index (χ3v) is 1.73. The fraction of sp³-hybridized carbons (Fsp3) is 0.100. The molecule has 0 heterocycles. The molecule has 1 aromatic rings. The van der Waals surface area contributed by atoms with Crippen molar-refractivity contribution in [1.29, 1.82) is 0 Å². The monoisotopic (exact) mass is 191 g/mol. The number of para-hydroxylation sites is 1. The van der Waals surface area contributed by atoms with Crippen LogP contribution in [0.15, 0.2) is 36.4 Å². The molecule has 0 radical (unpaired) electrons. The highest BCUT2D eigenvalue weighted by Gasteiger charge is 2.18. The molecule has 1 rings (SSSR count). The minimum Gasteiger partial charge on any atom is -0.289 e. The maximum atomic E-state index is 11.5. The Morgan fingerprint density at radius 3 is 2.50 bits per heavy atom. The number of carbonyl (C=O) groups is 1. The van der Waals surface area contributed by atoms with Crippen LogP contribution in [-0.2, 0) is 0 Å². The molecule has 14 heavy (non-hydrogen) atoms. The molecule has 0 fully saturated rings. The van der Waals surface area contributed by atoms with Crippen LogP contribution in [0.2, 0.25) is 0 Å². The molecular formula is C10H9NO3. The molecule has 0 aliphatic rings. The molecule has 0 bridgehead atoms. The Bertz CT molecular complexity index is 410. The van der Waals surface area contributed by atoms with Crippen molar-refractivity contribution in [2.75, 3.05) is 0 Å². The molecule has 4 nitrogen and oxygen atoms in total. The second-order valence-corrected chi connectivity index (χ2v) is 2.88. The van der Waals surface area contributed by atoms with E-state index in [-0.39, 0.29) is 11.3 Å². The average Bonchev–Trinajstić information content (AvgIpc) is 2.16. The topological polar surface area (TPSA) is 60.2 Å². The number of allylic oxidation sites excluding steroid dienone is 1. The molecule has 0 aliphatic heterocycles. The third kappa shape index (κ3) is 1.85. The van der Waals surface area contributed by atoms with Crippen LogP contribution in [0.5, 0.6) is 0 Å². The predicted molar refractivity (Wildman–Crippen MR) is 52.2 cm³/mol. The van der Waals surface area contributed by atoms with E-state index in [1.165, 1.54) is 25.1 Å². The van der Waals surface area contributed by atoms with Gasteiger partial charge in [-0.3, -0.25) is 14.9 Å². The van der Waals surface area contributed by atoms with E-state index in [1.807, 2.05) is 0 Å². The van der Waals surface area contributed by atoms with E-state index < -0.39 is 10.7 Å². The van der Waals surface area contributed by atoms with Gasteiger partial charge in [0.15, 0.2) is 5.78 Å². The van der Waals surface area contributed by atoms with Crippen molar-refractivity contribution in [3.8, 4) is 0 Å². The first kappa shape index (κ1) is 10.1. The lowest BCUT2D eigenvalue weighted by molar-refractivity contribution is -0.385. The van der Waals surface area contributed by atoms with E-state index >= 15 is 0 Å². The summed E-state index contributed by atoms with van der Waals surface area (Å²) in [6.07, 6.45) is 0. The van der Waals surface area contributed by atoms with Crippen LogP contribution in [0.4, 0.5) is 5.69 Å². The fourth-order valence-electron chi connectivity index (χ4n) is 1.05. The van der Waals surface area contributed by atoms with Crippen LogP contribution < -0.4 is 0 Å². The summed E-state index contributed by atoms with van der Waals surface area (Å²) in [4.78, 5) is 21.5. The normalized spacial score (nSPS) is 9.50. The maximum Gasteiger partial charge on any atom is 0.280 e. The van der Waals surface area contributed by atoms with E-state index in [2.05, 4.69) is 6.58 Å². The largest absolute Gasteiger partial charge is 0.289 e. The van der Waals surface area contributed by atoms with Gasteiger partial charge >= 0.3 is 0 Å². The molecule has 0 aromatic heterocycles. The SMILES string of the molecule is C=C(C)C(=O)c1ccccc1[N+](=O)[O-]. The van der Waals surface area contributed by atoms with Gasteiger partial charge in [0.05, 0.1) is 10.5 Å². The lowest BCUT2D eigenvalue weighted by Gasteiger charge is -2.00. The number of benzene rings is 1. The first-order valence-electron chi connectivity index (χ1n) is 3.97. The van der Waals surface area contributed by atoms with Crippen molar-refractivity contribution in [3.63, 3.8) is 0 Å². The van der Waals surface area contributed by atoms with Crippen molar-refractivity contribution in [1.82, 2.24) is 0 Å². The summed E-state index contributed by atoms with van der Waals surface area (Å²) in [6, 6.07) is 5.84. The molecule has 0 saturated heterocycles. The molecule has 0 amide bonds. The lowest BCUT2D eigenvalue weighted by Crippen LogP contribution is -2.03. The highest BCUT2D eigenvalue weighted by Crippen LogP contribution is 2.20. The van der Waals surface area contributed by atoms with E-state index in [1.54, 1.807) is 6.07 Å². The summed E-state index contributed by atoms with van der Waals surface area (Å²) in [5.41, 5.74) is 0.199. The minimum atomic E-state index is -0.573. The predicted octanol–water partition coefficient (Wildman–Crippen LogP) is 2.35. The summed E-state index contributed by atoms with van der Waals surface area (Å²) in [7, 11) is 0. The van der Waals surface area contributed by atoms with Crippen LogP contribution in [0.3, 0.4) is 0 Å². The van der Waals surface area contributed by atoms with Crippen LogP contribution in [-0.4, -0.2) is 10.7 Å². The van der Waals surface area contributed by atoms with Crippen LogP contribution in [0, 0.1) is 10.1 Å². The van der Waals surface area contributed by atoms with Crippen molar-refractivity contribution in [2.45, 2.75) is 6.92 Å². The van der Waals surface area contributed by atoms with Gasteiger partial charge in [-0.15, -0.1) is 0 Å². The highest BCUT2D eigenvalue weighted by atomic mass is 16.6. The van der Waals surface area contributed by atoms with Gasteiger partial charge in [-0.2, -0.15) is 0 Å². The molecule has 0 aliphatic carbocycles. The maximum absolute atomic E-state index is 11.5. The smallest absolute Gasteiger partial charge is 0.280 e. The zero-order chi connectivity index (χ0) is 10.7. The number of carbonyl (C=O) groups excluding carboxylic acids is 1. The van der Waals surface area contributed by atoms with Gasteiger partial charge in [-0.05, 0) is 18.6 Å². The lowest BCUT2D eigenvalue weighted by atomic mass is 10.0. The zero-order valence-corrected chi connectivity index (χ0v) is 7.69. The fourth-order valence-corrected chi connectivity index (χ4v) is 1.05. The van der Waals surface area contributed by atoms with Crippen LogP contribution in [0.25, 0.3) is 0 Å². The minimum absolute atomic E-state index is 0.0880. The summed E-state index contributed by atoms with van der Waals surface area (Å²) >= 11 is 0. The van der Waals surface area contributed by atoms with Gasteiger partial charge in [0.2, 0.25) is 0 Å². The van der Waals surface area contributed by atoms with Crippen LogP contribution >= 0.6 is 0 Å². The molecule has 1 aromatic carbocycles. The van der Waals surface area contributed by atoms with Crippen molar-refractivity contribution >= 4 is 11.5 Å². The number of rotatable bonds is 3. The molecule has 0 spiro atoms. The Labute approximate surface area is 81.0 Å². The number of hydrogen-bond acceptors (Lipinski definition) is 3. The molecule has 0 unspecified atom stereocenters. The number of nitrogens with zero attached hydrogens (tertiary/aromatic N) is 1. The molecule has 0 saturated carbocycles. The van der Waals surface area contributed by atoms with E-state index in [0.717, 1.165) is 0 Å². The number of Topliss-reactive ketones (excluding diaryl/α,β-unsaturated/α-hetero) is 1. The number of ketones is 1. The van der Waals surface area contributed by atoms with Gasteiger partial charge in [0.25, 0.3) is 5.69 Å². The molecule has 72 valence electrons. The Kier molecular flexibility index (Phi) is 2.76. The number of hydrogen-bond donors (Lipinski definition) is 0. The number of nitro groups is 1. The molecule has 0 atom stereocenters. The van der Waals surface area contributed by atoms with Gasteiger partial charge in [0, 0.05) is 6.07 Å². The first-order chi connectivity index (χ1) is 6.54. The standard InChI is InChI=1S/C10H9NO3/c1-7(2)10(12)8-5-3-4-6-9(8)11(13)14/h3-6H,1H2,2H3. The number of nitro benzene ring substituents is 1. The second kappa shape index (κ2) is 3.83. The molecular weight excluding hydrogens is 182 g/mol. The molecule has 0 N–H and O–H groups in total. The van der Waals surface area contributed by atoms with Gasteiger partial charge in [-0.1, -0.05) is 18.7 Å². The third-order valence-electron chi connectivity index (χ3n) is 1.73. The van der Waals surface area contributed by atoms with Gasteiger partial charge in [-0.25, -0.2) is 0 Å². The average molecular weight is 191 g/mol. The Hall–Kier alpha value is -1.97. The quantitative estimate of drug-likeness (QED) is 0.319.